The minimum atomic E-state index is -0.352. The summed E-state index contributed by atoms with van der Waals surface area (Å²) in [5, 5.41) is 7.55. The van der Waals surface area contributed by atoms with E-state index in [1.54, 1.807) is 28.9 Å². The number of ketones is 1. The number of carbonyl (C=O) groups is 2. The maximum Gasteiger partial charge on any atom is 0.263 e. The first kappa shape index (κ1) is 20.1. The molecule has 1 amide bonds. The molecule has 1 heterocycles. The van der Waals surface area contributed by atoms with Gasteiger partial charge in [0.25, 0.3) is 5.91 Å². The first-order valence-corrected chi connectivity index (χ1v) is 9.85. The fourth-order valence-corrected chi connectivity index (χ4v) is 3.19. The molecule has 4 aromatic rings. The Balaban J connectivity index is 1.57. The first-order valence-electron chi connectivity index (χ1n) is 9.85. The molecule has 0 atom stereocenters. The molecule has 1 aromatic heterocycles. The highest BCUT2D eigenvalue weighted by Gasteiger charge is 2.15. The van der Waals surface area contributed by atoms with Gasteiger partial charge in [-0.15, -0.1) is 0 Å². The van der Waals surface area contributed by atoms with Crippen molar-refractivity contribution in [3.8, 4) is 22.7 Å². The standard InChI is InChI=1S/C25H21N3O3/c1-18(29)21-14-8-9-15-23(21)31-17-25(30)26-24-16-22(19-10-4-2-5-11-19)27-28(24)20-12-6-3-7-13-20/h2-16H,17H2,1H3,(H,26,30). The number of nitrogens with one attached hydrogen (secondary N) is 1. The average Bonchev–Trinajstić information content (AvgIpc) is 3.22. The second-order valence-electron chi connectivity index (χ2n) is 6.92. The number of hydrogen-bond acceptors (Lipinski definition) is 4. The lowest BCUT2D eigenvalue weighted by Crippen LogP contribution is -2.22. The Morgan fingerprint density at radius 1 is 0.903 bits per heavy atom. The Morgan fingerprint density at radius 3 is 2.26 bits per heavy atom. The Bertz CT molecular complexity index is 1200. The molecule has 0 fully saturated rings. The van der Waals surface area contributed by atoms with Crippen LogP contribution < -0.4 is 10.1 Å². The predicted octanol–water partition coefficient (Wildman–Crippen LogP) is 4.76. The number of carbonyl (C=O) groups excluding carboxylic acids is 2. The highest BCUT2D eigenvalue weighted by Crippen LogP contribution is 2.25. The van der Waals surface area contributed by atoms with Crippen LogP contribution in [-0.2, 0) is 4.79 Å². The monoisotopic (exact) mass is 411 g/mol. The van der Waals surface area contributed by atoms with Gasteiger partial charge in [-0.1, -0.05) is 60.7 Å². The highest BCUT2D eigenvalue weighted by atomic mass is 16.5. The fourth-order valence-electron chi connectivity index (χ4n) is 3.19. The fraction of sp³-hybridized carbons (Fsp3) is 0.0800. The molecule has 1 N–H and O–H groups in total. The topological polar surface area (TPSA) is 73.2 Å². The van der Waals surface area contributed by atoms with Crippen LogP contribution in [0.2, 0.25) is 0 Å². The minimum Gasteiger partial charge on any atom is -0.483 e. The lowest BCUT2D eigenvalue weighted by molar-refractivity contribution is -0.118. The van der Waals surface area contributed by atoms with E-state index in [0.717, 1.165) is 16.9 Å². The molecule has 6 heteroatoms. The predicted molar refractivity (Wildman–Crippen MR) is 120 cm³/mol. The van der Waals surface area contributed by atoms with Crippen LogP contribution in [0.25, 0.3) is 16.9 Å². The second-order valence-corrected chi connectivity index (χ2v) is 6.92. The normalized spacial score (nSPS) is 10.5. The molecule has 4 rings (SSSR count). The van der Waals surface area contributed by atoms with E-state index in [0.29, 0.717) is 17.1 Å². The van der Waals surface area contributed by atoms with Crippen molar-refractivity contribution < 1.29 is 14.3 Å². The van der Waals surface area contributed by atoms with Gasteiger partial charge in [0.1, 0.15) is 11.6 Å². The van der Waals surface area contributed by atoms with Crippen molar-refractivity contribution >= 4 is 17.5 Å². The van der Waals surface area contributed by atoms with E-state index in [1.165, 1.54) is 6.92 Å². The summed E-state index contributed by atoms with van der Waals surface area (Å²) < 4.78 is 7.29. The van der Waals surface area contributed by atoms with Crippen molar-refractivity contribution in [2.24, 2.45) is 0 Å². The lowest BCUT2D eigenvalue weighted by Gasteiger charge is -2.11. The van der Waals surface area contributed by atoms with Gasteiger partial charge in [-0.05, 0) is 31.2 Å². The van der Waals surface area contributed by atoms with Gasteiger partial charge in [0.15, 0.2) is 12.4 Å². The third kappa shape index (κ3) is 4.70. The molecule has 0 aliphatic rings. The Hall–Kier alpha value is -4.19. The highest BCUT2D eigenvalue weighted by molar-refractivity contribution is 5.97. The zero-order valence-electron chi connectivity index (χ0n) is 17.0. The van der Waals surface area contributed by atoms with E-state index < -0.39 is 0 Å². The molecule has 31 heavy (non-hydrogen) atoms. The summed E-state index contributed by atoms with van der Waals surface area (Å²) in [5.74, 6) is 0.436. The Morgan fingerprint density at radius 2 is 1.55 bits per heavy atom. The molecular weight excluding hydrogens is 390 g/mol. The third-order valence-electron chi connectivity index (χ3n) is 4.67. The van der Waals surface area contributed by atoms with Gasteiger partial charge in [0.05, 0.1) is 16.9 Å². The third-order valence-corrected chi connectivity index (χ3v) is 4.67. The van der Waals surface area contributed by atoms with E-state index in [1.807, 2.05) is 66.7 Å². The number of amides is 1. The van der Waals surface area contributed by atoms with Gasteiger partial charge < -0.3 is 10.1 Å². The number of Topliss-reactive ketones (excluding diaryl/α,β-unsaturated/α-hetero) is 1. The average molecular weight is 411 g/mol. The molecule has 0 radical (unpaired) electrons. The largest absolute Gasteiger partial charge is 0.483 e. The van der Waals surface area contributed by atoms with E-state index >= 15 is 0 Å². The quantitative estimate of drug-likeness (QED) is 0.445. The molecule has 0 saturated heterocycles. The van der Waals surface area contributed by atoms with Gasteiger partial charge in [-0.3, -0.25) is 9.59 Å². The molecule has 154 valence electrons. The maximum absolute atomic E-state index is 12.6. The number of ether oxygens (including phenoxy) is 1. The number of anilines is 1. The van der Waals surface area contributed by atoms with E-state index in [2.05, 4.69) is 10.4 Å². The van der Waals surface area contributed by atoms with Crippen LogP contribution in [0.1, 0.15) is 17.3 Å². The summed E-state index contributed by atoms with van der Waals surface area (Å²) in [7, 11) is 0. The summed E-state index contributed by atoms with van der Waals surface area (Å²) in [4.78, 5) is 24.4. The second kappa shape index (κ2) is 9.09. The van der Waals surface area contributed by atoms with Gasteiger partial charge >= 0.3 is 0 Å². The van der Waals surface area contributed by atoms with Crippen molar-refractivity contribution in [1.29, 1.82) is 0 Å². The van der Waals surface area contributed by atoms with E-state index in [9.17, 15) is 9.59 Å². The zero-order valence-corrected chi connectivity index (χ0v) is 17.0. The minimum absolute atomic E-state index is 0.120. The summed E-state index contributed by atoms with van der Waals surface area (Å²) in [6.45, 7) is 1.23. The number of rotatable bonds is 7. The summed E-state index contributed by atoms with van der Waals surface area (Å²) in [5.41, 5.74) is 2.95. The molecular formula is C25H21N3O3. The molecule has 3 aromatic carbocycles. The number of hydrogen-bond donors (Lipinski definition) is 1. The van der Waals surface area contributed by atoms with E-state index in [4.69, 9.17) is 4.74 Å². The van der Waals surface area contributed by atoms with Gasteiger partial charge in [-0.2, -0.15) is 5.10 Å². The van der Waals surface area contributed by atoms with Crippen LogP contribution in [0.15, 0.2) is 91.0 Å². The summed E-state index contributed by atoms with van der Waals surface area (Å²) in [6, 6.07) is 28.0. The van der Waals surface area contributed by atoms with Crippen LogP contribution in [-0.4, -0.2) is 28.1 Å². The molecule has 6 nitrogen and oxygen atoms in total. The molecule has 0 saturated carbocycles. The zero-order chi connectivity index (χ0) is 21.6. The van der Waals surface area contributed by atoms with Crippen molar-refractivity contribution in [1.82, 2.24) is 9.78 Å². The first-order chi connectivity index (χ1) is 15.1. The maximum atomic E-state index is 12.6. The van der Waals surface area contributed by atoms with Crippen LogP contribution in [0.5, 0.6) is 5.75 Å². The summed E-state index contributed by atoms with van der Waals surface area (Å²) in [6.07, 6.45) is 0. The summed E-state index contributed by atoms with van der Waals surface area (Å²) >= 11 is 0. The smallest absolute Gasteiger partial charge is 0.263 e. The van der Waals surface area contributed by atoms with Crippen LogP contribution in [0.3, 0.4) is 0 Å². The van der Waals surface area contributed by atoms with Gasteiger partial charge in [0, 0.05) is 11.6 Å². The van der Waals surface area contributed by atoms with Crippen molar-refractivity contribution in [3.05, 3.63) is 96.6 Å². The number of benzene rings is 3. The molecule has 0 unspecified atom stereocenters. The molecule has 0 aliphatic heterocycles. The van der Waals surface area contributed by atoms with Crippen LogP contribution in [0, 0.1) is 0 Å². The van der Waals surface area contributed by atoms with E-state index in [-0.39, 0.29) is 18.3 Å². The van der Waals surface area contributed by atoms with Crippen molar-refractivity contribution in [2.45, 2.75) is 6.92 Å². The SMILES string of the molecule is CC(=O)c1ccccc1OCC(=O)Nc1cc(-c2ccccc2)nn1-c1ccccc1. The Labute approximate surface area is 180 Å². The van der Waals surface area contributed by atoms with Gasteiger partial charge in [0.2, 0.25) is 0 Å². The molecule has 0 bridgehead atoms. The number of nitrogens with zero attached hydrogens (tertiary/aromatic N) is 2. The number of para-hydroxylation sites is 2. The number of aromatic nitrogens is 2. The molecule has 0 spiro atoms. The Kier molecular flexibility index (Phi) is 5.89. The van der Waals surface area contributed by atoms with Crippen LogP contribution in [0.4, 0.5) is 5.82 Å². The molecule has 0 aliphatic carbocycles. The lowest BCUT2D eigenvalue weighted by atomic mass is 10.1. The van der Waals surface area contributed by atoms with Crippen molar-refractivity contribution in [3.63, 3.8) is 0 Å². The van der Waals surface area contributed by atoms with Gasteiger partial charge in [-0.25, -0.2) is 4.68 Å². The van der Waals surface area contributed by atoms with Crippen LogP contribution >= 0.6 is 0 Å². The van der Waals surface area contributed by atoms with Crippen molar-refractivity contribution in [2.75, 3.05) is 11.9 Å².